The summed E-state index contributed by atoms with van der Waals surface area (Å²) in [6.07, 6.45) is 4.13. The molecule has 0 aliphatic heterocycles. The summed E-state index contributed by atoms with van der Waals surface area (Å²) < 4.78 is 3.89. The van der Waals surface area contributed by atoms with Gasteiger partial charge in [0.25, 0.3) is 0 Å². The monoisotopic (exact) mass is 213 g/mol. The summed E-state index contributed by atoms with van der Waals surface area (Å²) in [5.41, 5.74) is 0. The number of aromatic nitrogens is 2. The van der Waals surface area contributed by atoms with Crippen LogP contribution in [0, 0.1) is 0 Å². The van der Waals surface area contributed by atoms with Gasteiger partial charge in [0.1, 0.15) is 0 Å². The summed E-state index contributed by atoms with van der Waals surface area (Å²) in [6.45, 7) is 0.259. The number of nitrogens with zero attached hydrogens (tertiary/aromatic N) is 3. The number of aryl methyl sites for hydroxylation is 1. The van der Waals surface area contributed by atoms with Crippen molar-refractivity contribution in [2.45, 2.75) is 17.6 Å². The first kappa shape index (κ1) is 9.86. The van der Waals surface area contributed by atoms with Gasteiger partial charge < -0.3 is 9.41 Å². The highest BCUT2D eigenvalue weighted by molar-refractivity contribution is 8.02. The molecule has 1 aliphatic rings. The Balaban J connectivity index is 1.99. The van der Waals surface area contributed by atoms with Crippen LogP contribution in [-0.4, -0.2) is 33.3 Å². The largest absolute Gasteiger partial charge is 0.395 e. The zero-order valence-electron chi connectivity index (χ0n) is 8.47. The van der Waals surface area contributed by atoms with Crippen LogP contribution < -0.4 is 4.31 Å². The van der Waals surface area contributed by atoms with Gasteiger partial charge in [0, 0.05) is 26.4 Å². The van der Waals surface area contributed by atoms with Crippen LogP contribution in [0.25, 0.3) is 0 Å². The maximum absolute atomic E-state index is 9.18. The van der Waals surface area contributed by atoms with E-state index in [2.05, 4.69) is 5.10 Å². The average molecular weight is 213 g/mol. The summed E-state index contributed by atoms with van der Waals surface area (Å²) in [4.78, 5) is 0. The maximum Gasteiger partial charge on any atom is 0.160 e. The van der Waals surface area contributed by atoms with E-state index in [4.69, 9.17) is 0 Å². The Labute approximate surface area is 88.0 Å². The van der Waals surface area contributed by atoms with Crippen molar-refractivity contribution < 1.29 is 5.11 Å². The Kier molecular flexibility index (Phi) is 2.45. The molecule has 0 saturated heterocycles. The van der Waals surface area contributed by atoms with Gasteiger partial charge in [-0.05, 0) is 24.8 Å². The van der Waals surface area contributed by atoms with Crippen molar-refractivity contribution in [1.82, 2.24) is 9.78 Å². The molecule has 78 valence electrons. The summed E-state index contributed by atoms with van der Waals surface area (Å²) >= 11 is 1.69. The van der Waals surface area contributed by atoms with Crippen LogP contribution >= 0.6 is 11.9 Å². The van der Waals surface area contributed by atoms with Gasteiger partial charge in [0.2, 0.25) is 0 Å². The molecule has 1 N–H and O–H groups in total. The zero-order chi connectivity index (χ0) is 10.2. The van der Waals surface area contributed by atoms with Gasteiger partial charge in [-0.25, -0.2) is 0 Å². The van der Waals surface area contributed by atoms with E-state index in [-0.39, 0.29) is 11.4 Å². The Bertz CT molecular complexity index is 322. The molecule has 2 rings (SSSR count). The van der Waals surface area contributed by atoms with E-state index in [0.29, 0.717) is 0 Å². The van der Waals surface area contributed by atoms with Crippen molar-refractivity contribution in [2.24, 2.45) is 7.05 Å². The summed E-state index contributed by atoms with van der Waals surface area (Å²) in [7, 11) is 3.89. The first-order valence-corrected chi connectivity index (χ1v) is 5.46. The van der Waals surface area contributed by atoms with Gasteiger partial charge in [-0.3, -0.25) is 4.68 Å². The Morgan fingerprint density at radius 3 is 2.86 bits per heavy atom. The zero-order valence-corrected chi connectivity index (χ0v) is 9.29. The molecule has 1 heterocycles. The molecular formula is C9H15N3OS. The molecule has 1 aromatic rings. The number of rotatable bonds is 4. The van der Waals surface area contributed by atoms with Crippen LogP contribution in [0.4, 0.5) is 5.82 Å². The van der Waals surface area contributed by atoms with Gasteiger partial charge in [0.15, 0.2) is 5.82 Å². The van der Waals surface area contributed by atoms with Crippen LogP contribution in [0.15, 0.2) is 12.3 Å². The molecule has 1 aromatic heterocycles. The van der Waals surface area contributed by atoms with Gasteiger partial charge in [-0.1, -0.05) is 0 Å². The first-order chi connectivity index (χ1) is 6.65. The maximum atomic E-state index is 9.18. The molecule has 4 nitrogen and oxygen atoms in total. The Hall–Kier alpha value is -0.680. The lowest BCUT2D eigenvalue weighted by molar-refractivity contribution is 0.288. The van der Waals surface area contributed by atoms with Crippen LogP contribution in [0.5, 0.6) is 0 Å². The number of aliphatic hydroxyl groups excluding tert-OH is 1. The summed E-state index contributed by atoms with van der Waals surface area (Å²) in [5, 5.41) is 13.5. The fraction of sp³-hybridized carbons (Fsp3) is 0.667. The summed E-state index contributed by atoms with van der Waals surface area (Å²) in [6, 6.07) is 1.97. The number of hydrogen-bond acceptors (Lipinski definition) is 4. The molecule has 1 aliphatic carbocycles. The topological polar surface area (TPSA) is 41.3 Å². The number of anilines is 1. The number of hydrogen-bond donors (Lipinski definition) is 1. The van der Waals surface area contributed by atoms with Crippen molar-refractivity contribution in [3.8, 4) is 0 Å². The Morgan fingerprint density at radius 1 is 1.71 bits per heavy atom. The van der Waals surface area contributed by atoms with Crippen LogP contribution in [0.2, 0.25) is 0 Å². The summed E-state index contributed by atoms with van der Waals surface area (Å²) in [5.74, 6) is 0.942. The van der Waals surface area contributed by atoms with Gasteiger partial charge in [-0.2, -0.15) is 5.10 Å². The lowest BCUT2D eigenvalue weighted by Crippen LogP contribution is -2.19. The minimum absolute atomic E-state index is 0.0757. The van der Waals surface area contributed by atoms with Crippen molar-refractivity contribution in [2.75, 3.05) is 18.0 Å². The molecule has 0 unspecified atom stereocenters. The normalized spacial score (nSPS) is 18.2. The predicted octanol–water partition coefficient (Wildman–Crippen LogP) is 1.03. The van der Waals surface area contributed by atoms with Crippen molar-refractivity contribution in [1.29, 1.82) is 0 Å². The lowest BCUT2D eigenvalue weighted by atomic mass is 10.5. The van der Waals surface area contributed by atoms with E-state index < -0.39 is 0 Å². The van der Waals surface area contributed by atoms with E-state index in [0.717, 1.165) is 18.7 Å². The van der Waals surface area contributed by atoms with E-state index in [1.54, 1.807) is 16.6 Å². The highest BCUT2D eigenvalue weighted by atomic mass is 32.2. The molecule has 0 spiro atoms. The molecule has 14 heavy (non-hydrogen) atoms. The molecule has 0 aromatic carbocycles. The van der Waals surface area contributed by atoms with E-state index in [1.165, 1.54) is 0 Å². The second-order valence-corrected chi connectivity index (χ2v) is 5.37. The lowest BCUT2D eigenvalue weighted by Gasteiger charge is -2.20. The number of aliphatic hydroxyl groups is 1. The van der Waals surface area contributed by atoms with Crippen molar-refractivity contribution >= 4 is 17.8 Å². The van der Waals surface area contributed by atoms with Crippen LogP contribution in [0.1, 0.15) is 12.8 Å². The van der Waals surface area contributed by atoms with Crippen molar-refractivity contribution in [3.63, 3.8) is 0 Å². The minimum Gasteiger partial charge on any atom is -0.395 e. The van der Waals surface area contributed by atoms with Crippen LogP contribution in [0.3, 0.4) is 0 Å². The van der Waals surface area contributed by atoms with Crippen molar-refractivity contribution in [3.05, 3.63) is 12.3 Å². The third-order valence-corrected chi connectivity index (χ3v) is 3.83. The third-order valence-electron chi connectivity index (χ3n) is 2.45. The second-order valence-electron chi connectivity index (χ2n) is 3.78. The van der Waals surface area contributed by atoms with Gasteiger partial charge in [0.05, 0.1) is 11.4 Å². The van der Waals surface area contributed by atoms with E-state index in [1.807, 2.05) is 30.7 Å². The van der Waals surface area contributed by atoms with Gasteiger partial charge in [-0.15, -0.1) is 0 Å². The fourth-order valence-corrected chi connectivity index (χ4v) is 2.44. The molecule has 1 saturated carbocycles. The van der Waals surface area contributed by atoms with E-state index >= 15 is 0 Å². The quantitative estimate of drug-likeness (QED) is 0.758. The SMILES string of the molecule is CN(SC1(CO)CC1)c1ccn(C)n1. The molecular weight excluding hydrogens is 198 g/mol. The fourth-order valence-electron chi connectivity index (χ4n) is 1.33. The van der Waals surface area contributed by atoms with Gasteiger partial charge >= 0.3 is 0 Å². The first-order valence-electron chi connectivity index (χ1n) is 4.69. The predicted molar refractivity (Wildman–Crippen MR) is 58.3 cm³/mol. The molecule has 5 heteroatoms. The third kappa shape index (κ3) is 1.88. The smallest absolute Gasteiger partial charge is 0.160 e. The highest BCUT2D eigenvalue weighted by Crippen LogP contribution is 2.49. The van der Waals surface area contributed by atoms with E-state index in [9.17, 15) is 5.11 Å². The molecule has 1 fully saturated rings. The second kappa shape index (κ2) is 3.47. The standard InChI is InChI=1S/C9H15N3OS/c1-11-6-3-8(10-11)12(2)14-9(7-13)4-5-9/h3,6,13H,4-5,7H2,1-2H3. The highest BCUT2D eigenvalue weighted by Gasteiger charge is 2.44. The molecule has 0 bridgehead atoms. The van der Waals surface area contributed by atoms with Crippen LogP contribution in [-0.2, 0) is 7.05 Å². The minimum atomic E-state index is 0.0757. The Morgan fingerprint density at radius 2 is 2.43 bits per heavy atom. The molecule has 0 atom stereocenters. The molecule has 0 radical (unpaired) electrons. The average Bonchev–Trinajstić information content (AvgIpc) is 2.80. The molecule has 0 amide bonds.